The van der Waals surface area contributed by atoms with Crippen LogP contribution in [0.5, 0.6) is 0 Å². The molecule has 2 unspecified atom stereocenters. The Bertz CT molecular complexity index is 286. The highest BCUT2D eigenvalue weighted by Gasteiger charge is 2.56. The van der Waals surface area contributed by atoms with E-state index in [4.69, 9.17) is 0 Å². The van der Waals surface area contributed by atoms with Gasteiger partial charge in [0.05, 0.1) is 12.3 Å². The van der Waals surface area contributed by atoms with Crippen molar-refractivity contribution in [3.8, 4) is 0 Å². The molecular weight excluding hydrogens is 178 g/mol. The topological polar surface area (TPSA) is 48.9 Å². The maximum Gasteiger partial charge on any atom is 0.251 e. The van der Waals surface area contributed by atoms with Gasteiger partial charge >= 0.3 is 0 Å². The molecule has 2 atom stereocenters. The van der Waals surface area contributed by atoms with Crippen molar-refractivity contribution in [1.82, 2.24) is 10.2 Å². The molecule has 1 aliphatic carbocycles. The van der Waals surface area contributed by atoms with Crippen molar-refractivity contribution in [3.63, 3.8) is 0 Å². The van der Waals surface area contributed by atoms with Crippen LogP contribution in [0.3, 0.4) is 0 Å². The predicted molar refractivity (Wildman–Crippen MR) is 41.2 cm³/mol. The van der Waals surface area contributed by atoms with Crippen LogP contribution >= 0.6 is 0 Å². The first-order valence-corrected chi connectivity index (χ1v) is 4.14. The van der Waals surface area contributed by atoms with Crippen LogP contribution in [-0.4, -0.2) is 21.2 Å². The zero-order chi connectivity index (χ0) is 9.47. The van der Waals surface area contributed by atoms with Crippen LogP contribution in [0.15, 0.2) is 12.4 Å². The monoisotopic (exact) mass is 188 g/mol. The Morgan fingerprint density at radius 3 is 2.92 bits per heavy atom. The Morgan fingerprint density at radius 2 is 2.46 bits per heavy atom. The molecule has 72 valence electrons. The second-order valence-corrected chi connectivity index (χ2v) is 3.45. The number of nitrogens with one attached hydrogen (secondary N) is 1. The number of rotatable bonds is 3. The molecule has 5 heteroatoms. The minimum atomic E-state index is -2.55. The summed E-state index contributed by atoms with van der Waals surface area (Å²) in [6, 6.07) is 0. The summed E-state index contributed by atoms with van der Waals surface area (Å²) in [5.41, 5.74) is 0.572. The number of aromatic nitrogens is 2. The van der Waals surface area contributed by atoms with Gasteiger partial charge in [-0.1, -0.05) is 0 Å². The van der Waals surface area contributed by atoms with Gasteiger partial charge in [-0.15, -0.1) is 0 Å². The molecule has 0 bridgehead atoms. The van der Waals surface area contributed by atoms with Crippen LogP contribution in [0, 0.1) is 5.92 Å². The fraction of sp³-hybridized carbons (Fsp3) is 0.625. The molecule has 0 spiro atoms. The van der Waals surface area contributed by atoms with Crippen LogP contribution in [-0.2, 0) is 0 Å². The van der Waals surface area contributed by atoms with Gasteiger partial charge in [0.15, 0.2) is 0 Å². The molecule has 0 saturated heterocycles. The lowest BCUT2D eigenvalue weighted by atomic mass is 10.1. The first-order valence-electron chi connectivity index (χ1n) is 4.14. The van der Waals surface area contributed by atoms with E-state index < -0.39 is 17.9 Å². The average Bonchev–Trinajstić information content (AvgIpc) is 2.58. The molecule has 1 fully saturated rings. The largest absolute Gasteiger partial charge is 0.388 e. The van der Waals surface area contributed by atoms with Gasteiger partial charge in [0.2, 0.25) is 0 Å². The lowest BCUT2D eigenvalue weighted by Crippen LogP contribution is -2.01. The van der Waals surface area contributed by atoms with E-state index >= 15 is 0 Å². The summed E-state index contributed by atoms with van der Waals surface area (Å²) in [6.45, 7) is 0. The number of halogens is 2. The van der Waals surface area contributed by atoms with E-state index in [0.29, 0.717) is 5.56 Å². The summed E-state index contributed by atoms with van der Waals surface area (Å²) in [6.07, 6.45) is 2.17. The van der Waals surface area contributed by atoms with Gasteiger partial charge in [-0.2, -0.15) is 5.10 Å². The molecular formula is C8H10F2N2O. The molecule has 1 aliphatic rings. The molecule has 13 heavy (non-hydrogen) atoms. The highest BCUT2D eigenvalue weighted by atomic mass is 19.3. The fourth-order valence-corrected chi connectivity index (χ4v) is 1.37. The zero-order valence-electron chi connectivity index (χ0n) is 6.87. The van der Waals surface area contributed by atoms with Crippen molar-refractivity contribution >= 4 is 0 Å². The van der Waals surface area contributed by atoms with E-state index in [-0.39, 0.29) is 12.8 Å². The SMILES string of the molecule is OC(CC1CC1(F)F)c1cn[nH]c1. The summed E-state index contributed by atoms with van der Waals surface area (Å²) >= 11 is 0. The summed E-state index contributed by atoms with van der Waals surface area (Å²) in [4.78, 5) is 0. The summed E-state index contributed by atoms with van der Waals surface area (Å²) < 4.78 is 24.9. The Labute approximate surface area is 73.8 Å². The summed E-state index contributed by atoms with van der Waals surface area (Å²) in [7, 11) is 0. The molecule has 0 aliphatic heterocycles. The Balaban J connectivity index is 1.90. The van der Waals surface area contributed by atoms with E-state index in [2.05, 4.69) is 10.2 Å². The van der Waals surface area contributed by atoms with Gasteiger partial charge in [0.25, 0.3) is 5.92 Å². The Kier molecular flexibility index (Phi) is 1.83. The first-order chi connectivity index (χ1) is 6.09. The Morgan fingerprint density at radius 1 is 1.77 bits per heavy atom. The first kappa shape index (κ1) is 8.62. The van der Waals surface area contributed by atoms with Gasteiger partial charge in [0, 0.05) is 24.1 Å². The van der Waals surface area contributed by atoms with E-state index in [1.54, 1.807) is 0 Å². The van der Waals surface area contributed by atoms with Gasteiger partial charge in [0.1, 0.15) is 0 Å². The molecule has 1 aromatic heterocycles. The van der Waals surface area contributed by atoms with Crippen molar-refractivity contribution in [2.75, 3.05) is 0 Å². The van der Waals surface area contributed by atoms with Crippen LogP contribution in [0.4, 0.5) is 8.78 Å². The zero-order valence-corrected chi connectivity index (χ0v) is 6.87. The van der Waals surface area contributed by atoms with Crippen LogP contribution in [0.25, 0.3) is 0 Å². The molecule has 0 radical (unpaired) electrons. The summed E-state index contributed by atoms with van der Waals surface area (Å²) in [5.74, 6) is -3.21. The minimum absolute atomic E-state index is 0.0953. The van der Waals surface area contributed by atoms with Gasteiger partial charge in [-0.05, 0) is 6.42 Å². The van der Waals surface area contributed by atoms with E-state index in [1.165, 1.54) is 12.4 Å². The van der Waals surface area contributed by atoms with Crippen LogP contribution in [0.1, 0.15) is 24.5 Å². The van der Waals surface area contributed by atoms with Crippen molar-refractivity contribution < 1.29 is 13.9 Å². The van der Waals surface area contributed by atoms with E-state index in [1.807, 2.05) is 0 Å². The highest BCUT2D eigenvalue weighted by molar-refractivity contribution is 5.09. The predicted octanol–water partition coefficient (Wildman–Crippen LogP) is 1.49. The Hall–Kier alpha value is -0.970. The van der Waals surface area contributed by atoms with Gasteiger partial charge in [-0.3, -0.25) is 5.10 Å². The molecule has 2 rings (SSSR count). The van der Waals surface area contributed by atoms with Crippen molar-refractivity contribution in [2.45, 2.75) is 24.9 Å². The van der Waals surface area contributed by atoms with Crippen molar-refractivity contribution in [3.05, 3.63) is 18.0 Å². The summed E-state index contributed by atoms with van der Waals surface area (Å²) in [5, 5.41) is 15.6. The number of nitrogens with zero attached hydrogens (tertiary/aromatic N) is 1. The third-order valence-electron chi connectivity index (χ3n) is 2.37. The lowest BCUT2D eigenvalue weighted by Gasteiger charge is -2.06. The van der Waals surface area contributed by atoms with Gasteiger partial charge < -0.3 is 5.11 Å². The smallest absolute Gasteiger partial charge is 0.251 e. The molecule has 0 amide bonds. The number of hydrogen-bond donors (Lipinski definition) is 2. The highest BCUT2D eigenvalue weighted by Crippen LogP contribution is 2.52. The second-order valence-electron chi connectivity index (χ2n) is 3.45. The number of aliphatic hydroxyl groups is 1. The molecule has 1 saturated carbocycles. The lowest BCUT2D eigenvalue weighted by molar-refractivity contribution is 0.0768. The average molecular weight is 188 g/mol. The maximum absolute atomic E-state index is 12.5. The molecule has 1 heterocycles. The number of alkyl halides is 2. The van der Waals surface area contributed by atoms with Gasteiger partial charge in [-0.25, -0.2) is 8.78 Å². The molecule has 1 aromatic rings. The molecule has 0 aromatic carbocycles. The quantitative estimate of drug-likeness (QED) is 0.754. The standard InChI is InChI=1S/C8H10F2N2O/c9-8(10)2-6(8)1-7(13)5-3-11-12-4-5/h3-4,6-7,13H,1-2H2,(H,11,12). The number of aromatic amines is 1. The molecule has 2 N–H and O–H groups in total. The number of aliphatic hydroxyl groups excluding tert-OH is 1. The van der Waals surface area contributed by atoms with Crippen molar-refractivity contribution in [2.24, 2.45) is 5.92 Å². The third kappa shape index (κ3) is 1.70. The van der Waals surface area contributed by atoms with Crippen LogP contribution < -0.4 is 0 Å². The minimum Gasteiger partial charge on any atom is -0.388 e. The normalized spacial score (nSPS) is 27.2. The molecule has 3 nitrogen and oxygen atoms in total. The maximum atomic E-state index is 12.5. The van der Waals surface area contributed by atoms with E-state index in [0.717, 1.165) is 0 Å². The number of hydrogen-bond acceptors (Lipinski definition) is 2. The van der Waals surface area contributed by atoms with Crippen LogP contribution in [0.2, 0.25) is 0 Å². The third-order valence-corrected chi connectivity index (χ3v) is 2.37. The second kappa shape index (κ2) is 2.77. The fourth-order valence-electron chi connectivity index (χ4n) is 1.37. The van der Waals surface area contributed by atoms with E-state index in [9.17, 15) is 13.9 Å². The number of H-pyrrole nitrogens is 1. The van der Waals surface area contributed by atoms with Crippen molar-refractivity contribution in [1.29, 1.82) is 0 Å².